The number of nitrogens with one attached hydrogen (secondary N) is 1. The van der Waals surface area contributed by atoms with Crippen molar-refractivity contribution in [3.63, 3.8) is 0 Å². The van der Waals surface area contributed by atoms with Crippen LogP contribution in [0.2, 0.25) is 0 Å². The summed E-state index contributed by atoms with van der Waals surface area (Å²) in [6.45, 7) is 12.7. The Labute approximate surface area is 194 Å². The van der Waals surface area contributed by atoms with Crippen molar-refractivity contribution in [1.29, 1.82) is 0 Å². The lowest BCUT2D eigenvalue weighted by Crippen LogP contribution is -2.48. The van der Waals surface area contributed by atoms with Gasteiger partial charge in [-0.05, 0) is 105 Å². The van der Waals surface area contributed by atoms with Crippen molar-refractivity contribution in [3.8, 4) is 5.75 Å². The molecule has 2 heterocycles. The van der Waals surface area contributed by atoms with E-state index in [1.807, 2.05) is 37.3 Å². The second-order valence-corrected chi connectivity index (χ2v) is 9.92. The largest absolute Gasteiger partial charge is 0.494 e. The number of fused-ring (bicyclic) bond motifs is 1. The average molecular weight is 450 g/mol. The van der Waals surface area contributed by atoms with Crippen LogP contribution in [0.1, 0.15) is 58.1 Å². The summed E-state index contributed by atoms with van der Waals surface area (Å²) in [5, 5.41) is 3.47. The number of rotatable bonds is 5. The molecule has 0 aliphatic carbocycles. The van der Waals surface area contributed by atoms with Gasteiger partial charge in [-0.2, -0.15) is 0 Å². The number of hydrogen-bond donors (Lipinski definition) is 1. The maximum absolute atomic E-state index is 12.5. The Hall–Kier alpha value is -2.73. The van der Waals surface area contributed by atoms with E-state index in [9.17, 15) is 4.79 Å². The van der Waals surface area contributed by atoms with Crippen LogP contribution in [0.4, 0.5) is 11.4 Å². The summed E-state index contributed by atoms with van der Waals surface area (Å²) in [5.74, 6) is 1.18. The Morgan fingerprint density at radius 3 is 2.66 bits per heavy atom. The minimum Gasteiger partial charge on any atom is -0.494 e. The second kappa shape index (κ2) is 9.02. The monoisotopic (exact) mass is 449 g/mol. The minimum absolute atomic E-state index is 0.109. The molecule has 0 saturated carbocycles. The molecule has 2 aliphatic rings. The molecule has 1 N–H and O–H groups in total. The van der Waals surface area contributed by atoms with Crippen LogP contribution in [0.15, 0.2) is 52.4 Å². The molecular formula is C26H31N3O2S. The van der Waals surface area contributed by atoms with Crippen molar-refractivity contribution in [2.75, 3.05) is 18.1 Å². The number of carbonyl (C=O) groups excluding carboxylic acids is 1. The summed E-state index contributed by atoms with van der Waals surface area (Å²) in [4.78, 5) is 20.3. The highest BCUT2D eigenvalue weighted by Gasteiger charge is 2.35. The van der Waals surface area contributed by atoms with Crippen molar-refractivity contribution >= 4 is 40.3 Å². The predicted octanol–water partition coefficient (Wildman–Crippen LogP) is 6.09. The van der Waals surface area contributed by atoms with Crippen molar-refractivity contribution in [1.82, 2.24) is 5.32 Å². The van der Waals surface area contributed by atoms with Gasteiger partial charge < -0.3 is 15.0 Å². The number of carbonyl (C=O) groups is 1. The Bertz CT molecular complexity index is 1070. The molecule has 32 heavy (non-hydrogen) atoms. The maximum atomic E-state index is 12.5. The highest BCUT2D eigenvalue weighted by Crippen LogP contribution is 2.43. The number of amides is 1. The van der Waals surface area contributed by atoms with Gasteiger partial charge in [0.2, 0.25) is 0 Å². The molecule has 2 aromatic carbocycles. The van der Waals surface area contributed by atoms with E-state index >= 15 is 0 Å². The van der Waals surface area contributed by atoms with Gasteiger partial charge in [-0.3, -0.25) is 4.79 Å². The standard InChI is InChI=1S/C26H31N3O2S/c1-6-29-22-13-8-18(14-21(22)17(3)16-26(29,4)5)15-23-24(30)28-25(32-23)27-19-9-11-20(12-10-19)31-7-2/h8-15,17H,6-7,16H2,1-5H3,(H,27,28,30)/b23-15+. The molecule has 168 valence electrons. The van der Waals surface area contributed by atoms with Crippen LogP contribution in [-0.2, 0) is 4.79 Å². The average Bonchev–Trinajstić information content (AvgIpc) is 3.08. The quantitative estimate of drug-likeness (QED) is 0.561. The van der Waals surface area contributed by atoms with Gasteiger partial charge >= 0.3 is 0 Å². The van der Waals surface area contributed by atoms with E-state index in [1.165, 1.54) is 23.0 Å². The summed E-state index contributed by atoms with van der Waals surface area (Å²) in [6, 6.07) is 14.1. The Balaban J connectivity index is 1.56. The van der Waals surface area contributed by atoms with E-state index in [-0.39, 0.29) is 11.4 Å². The number of thioether (sulfide) groups is 1. The fourth-order valence-corrected chi connectivity index (χ4v) is 5.57. The molecule has 6 heteroatoms. The highest BCUT2D eigenvalue weighted by atomic mass is 32.2. The molecule has 1 saturated heterocycles. The van der Waals surface area contributed by atoms with E-state index in [1.54, 1.807) is 0 Å². The molecule has 2 aliphatic heterocycles. The van der Waals surface area contributed by atoms with Gasteiger partial charge in [0, 0.05) is 17.8 Å². The van der Waals surface area contributed by atoms with Crippen LogP contribution >= 0.6 is 11.8 Å². The molecule has 1 amide bonds. The zero-order valence-electron chi connectivity index (χ0n) is 19.4. The third-order valence-corrected chi connectivity index (χ3v) is 6.96. The molecule has 0 radical (unpaired) electrons. The molecule has 4 rings (SSSR count). The third-order valence-electron chi connectivity index (χ3n) is 6.05. The molecule has 0 spiro atoms. The first-order chi connectivity index (χ1) is 15.3. The number of ether oxygens (including phenoxy) is 1. The van der Waals surface area contributed by atoms with Gasteiger partial charge in [0.05, 0.1) is 17.2 Å². The van der Waals surface area contributed by atoms with Crippen molar-refractivity contribution in [3.05, 3.63) is 58.5 Å². The first-order valence-corrected chi connectivity index (χ1v) is 12.1. The van der Waals surface area contributed by atoms with Crippen LogP contribution < -0.4 is 15.0 Å². The van der Waals surface area contributed by atoms with E-state index in [0.29, 0.717) is 22.6 Å². The minimum atomic E-state index is -0.109. The Morgan fingerprint density at radius 2 is 1.97 bits per heavy atom. The van der Waals surface area contributed by atoms with Gasteiger partial charge in [0.1, 0.15) is 5.75 Å². The fourth-order valence-electron chi connectivity index (χ4n) is 4.73. The number of amidine groups is 1. The van der Waals surface area contributed by atoms with E-state index in [2.05, 4.69) is 61.1 Å². The number of aliphatic imine (C=N–C) groups is 1. The zero-order valence-corrected chi connectivity index (χ0v) is 20.3. The lowest BCUT2D eigenvalue weighted by atomic mass is 9.79. The van der Waals surface area contributed by atoms with E-state index in [0.717, 1.165) is 30.0 Å². The number of nitrogens with zero attached hydrogens (tertiary/aromatic N) is 2. The lowest BCUT2D eigenvalue weighted by molar-refractivity contribution is -0.115. The summed E-state index contributed by atoms with van der Waals surface area (Å²) in [5.41, 5.74) is 4.63. The van der Waals surface area contributed by atoms with Crippen molar-refractivity contribution in [2.45, 2.75) is 52.5 Å². The van der Waals surface area contributed by atoms with Crippen LogP contribution in [0.5, 0.6) is 5.75 Å². The predicted molar refractivity (Wildman–Crippen MR) is 135 cm³/mol. The summed E-state index contributed by atoms with van der Waals surface area (Å²) >= 11 is 1.37. The SMILES string of the molecule is CCOc1ccc(N=C2NC(=O)/C(=C\c3ccc4c(c3)C(C)CC(C)(C)N4CC)S2)cc1. The number of anilines is 1. The summed E-state index contributed by atoms with van der Waals surface area (Å²) in [7, 11) is 0. The van der Waals surface area contributed by atoms with Gasteiger partial charge in [0.25, 0.3) is 5.91 Å². The van der Waals surface area contributed by atoms with Crippen LogP contribution in [0, 0.1) is 0 Å². The lowest BCUT2D eigenvalue weighted by Gasteiger charge is -2.47. The van der Waals surface area contributed by atoms with Crippen LogP contribution in [0.3, 0.4) is 0 Å². The van der Waals surface area contributed by atoms with E-state index in [4.69, 9.17) is 4.74 Å². The normalized spacial score (nSPS) is 22.2. The number of hydrogen-bond acceptors (Lipinski definition) is 5. The maximum Gasteiger partial charge on any atom is 0.264 e. The van der Waals surface area contributed by atoms with Gasteiger partial charge in [-0.15, -0.1) is 0 Å². The molecule has 0 bridgehead atoms. The summed E-state index contributed by atoms with van der Waals surface area (Å²) in [6.07, 6.45) is 3.08. The molecule has 1 unspecified atom stereocenters. The van der Waals surface area contributed by atoms with E-state index < -0.39 is 0 Å². The second-order valence-electron chi connectivity index (χ2n) is 8.89. The van der Waals surface area contributed by atoms with Crippen LogP contribution in [0.25, 0.3) is 6.08 Å². The zero-order chi connectivity index (χ0) is 22.9. The number of benzene rings is 2. The van der Waals surface area contributed by atoms with Crippen molar-refractivity contribution in [2.24, 2.45) is 4.99 Å². The van der Waals surface area contributed by atoms with Crippen molar-refractivity contribution < 1.29 is 9.53 Å². The van der Waals surface area contributed by atoms with Gasteiger partial charge in [-0.1, -0.05) is 13.0 Å². The van der Waals surface area contributed by atoms with Gasteiger partial charge in [-0.25, -0.2) is 4.99 Å². The first-order valence-electron chi connectivity index (χ1n) is 11.2. The molecule has 0 aromatic heterocycles. The third kappa shape index (κ3) is 4.56. The summed E-state index contributed by atoms with van der Waals surface area (Å²) < 4.78 is 5.47. The fraction of sp³-hybridized carbons (Fsp3) is 0.385. The molecule has 2 aromatic rings. The van der Waals surface area contributed by atoms with Gasteiger partial charge in [0.15, 0.2) is 5.17 Å². The smallest absolute Gasteiger partial charge is 0.264 e. The highest BCUT2D eigenvalue weighted by molar-refractivity contribution is 8.18. The van der Waals surface area contributed by atoms with Crippen LogP contribution in [-0.4, -0.2) is 29.8 Å². The molecule has 1 fully saturated rings. The first kappa shape index (κ1) is 22.5. The molecule has 5 nitrogen and oxygen atoms in total. The topological polar surface area (TPSA) is 53.9 Å². The Morgan fingerprint density at radius 1 is 1.22 bits per heavy atom. The molecule has 1 atom stereocenters. The Kier molecular flexibility index (Phi) is 6.33. The molecular weight excluding hydrogens is 418 g/mol.